The van der Waals surface area contributed by atoms with Crippen LogP contribution in [0.25, 0.3) is 0 Å². The van der Waals surface area contributed by atoms with Gasteiger partial charge in [0.25, 0.3) is 5.91 Å². The lowest BCUT2D eigenvalue weighted by atomic mass is 9.92. The largest absolute Gasteiger partial charge is 0.484 e. The topological polar surface area (TPSA) is 55.6 Å². The lowest BCUT2D eigenvalue weighted by Gasteiger charge is -2.37. The van der Waals surface area contributed by atoms with Gasteiger partial charge >= 0.3 is 0 Å². The number of amides is 1. The number of nitrogen functional groups attached to an aromatic ring is 1. The van der Waals surface area contributed by atoms with Gasteiger partial charge in [0.05, 0.1) is 0 Å². The van der Waals surface area contributed by atoms with Crippen molar-refractivity contribution < 1.29 is 9.53 Å². The highest BCUT2D eigenvalue weighted by molar-refractivity contribution is 5.78. The minimum atomic E-state index is 0.0656. The molecule has 2 N–H and O–H groups in total. The predicted molar refractivity (Wildman–Crippen MR) is 75.9 cm³/mol. The molecule has 1 aliphatic rings. The van der Waals surface area contributed by atoms with Crippen LogP contribution in [0.2, 0.25) is 0 Å². The van der Waals surface area contributed by atoms with Gasteiger partial charge < -0.3 is 15.4 Å². The van der Waals surface area contributed by atoms with Crippen LogP contribution in [0.4, 0.5) is 5.69 Å². The van der Waals surface area contributed by atoms with E-state index >= 15 is 0 Å². The molecule has 2 rings (SSSR count). The summed E-state index contributed by atoms with van der Waals surface area (Å²) < 4.78 is 5.51. The summed E-state index contributed by atoms with van der Waals surface area (Å²) in [6.07, 6.45) is 2.28. The number of anilines is 1. The Morgan fingerprint density at radius 2 is 2.05 bits per heavy atom. The third-order valence-corrected chi connectivity index (χ3v) is 3.94. The Bertz CT molecular complexity index is 430. The second-order valence-electron chi connectivity index (χ2n) is 5.30. The Balaban J connectivity index is 1.88. The average Bonchev–Trinajstić information content (AvgIpc) is 2.41. The van der Waals surface area contributed by atoms with Crippen molar-refractivity contribution in [3.8, 4) is 5.75 Å². The molecule has 1 saturated heterocycles. The fourth-order valence-corrected chi connectivity index (χ4v) is 2.48. The number of piperidine rings is 1. The molecule has 104 valence electrons. The fraction of sp³-hybridized carbons (Fsp3) is 0.533. The first kappa shape index (κ1) is 13.7. The molecule has 1 aromatic rings. The highest BCUT2D eigenvalue weighted by Crippen LogP contribution is 2.23. The Labute approximate surface area is 114 Å². The summed E-state index contributed by atoms with van der Waals surface area (Å²) in [5.74, 6) is 1.31. The van der Waals surface area contributed by atoms with Gasteiger partial charge in [-0.3, -0.25) is 4.79 Å². The summed E-state index contributed by atoms with van der Waals surface area (Å²) in [4.78, 5) is 14.1. The normalized spacial score (nSPS) is 23.2. The third-order valence-electron chi connectivity index (χ3n) is 3.94. The van der Waals surface area contributed by atoms with E-state index in [2.05, 4.69) is 13.8 Å². The maximum atomic E-state index is 12.2. The molecule has 1 heterocycles. The number of rotatable bonds is 3. The molecule has 0 aliphatic carbocycles. The highest BCUT2D eigenvalue weighted by Gasteiger charge is 2.28. The lowest BCUT2D eigenvalue weighted by molar-refractivity contribution is -0.137. The van der Waals surface area contributed by atoms with Crippen molar-refractivity contribution in [2.75, 3.05) is 18.9 Å². The Hall–Kier alpha value is -1.71. The second-order valence-corrected chi connectivity index (χ2v) is 5.30. The third kappa shape index (κ3) is 3.40. The molecule has 0 radical (unpaired) electrons. The van der Waals surface area contributed by atoms with Gasteiger partial charge in [-0.1, -0.05) is 6.92 Å². The van der Waals surface area contributed by atoms with E-state index in [1.165, 1.54) is 6.42 Å². The van der Waals surface area contributed by atoms with E-state index < -0.39 is 0 Å². The van der Waals surface area contributed by atoms with Crippen molar-refractivity contribution in [1.82, 2.24) is 4.90 Å². The SMILES string of the molecule is CC1CCCN(C(=O)COc2ccc(N)cc2)C1C. The predicted octanol–water partition coefficient (Wildman–Crippen LogP) is 2.29. The smallest absolute Gasteiger partial charge is 0.260 e. The van der Waals surface area contributed by atoms with Crippen LogP contribution < -0.4 is 10.5 Å². The molecule has 0 spiro atoms. The van der Waals surface area contributed by atoms with Crippen LogP contribution in [-0.2, 0) is 4.79 Å². The van der Waals surface area contributed by atoms with E-state index in [0.717, 1.165) is 13.0 Å². The van der Waals surface area contributed by atoms with E-state index in [1.807, 2.05) is 4.90 Å². The van der Waals surface area contributed by atoms with Gasteiger partial charge in [0.15, 0.2) is 6.61 Å². The summed E-state index contributed by atoms with van der Waals surface area (Å²) in [6, 6.07) is 7.41. The van der Waals surface area contributed by atoms with Gasteiger partial charge in [-0.15, -0.1) is 0 Å². The molecule has 4 heteroatoms. The van der Waals surface area contributed by atoms with Crippen LogP contribution in [0.1, 0.15) is 26.7 Å². The van der Waals surface area contributed by atoms with Crippen molar-refractivity contribution in [3.63, 3.8) is 0 Å². The van der Waals surface area contributed by atoms with E-state index in [1.54, 1.807) is 24.3 Å². The molecule has 2 unspecified atom stereocenters. The minimum Gasteiger partial charge on any atom is -0.484 e. The van der Waals surface area contributed by atoms with E-state index in [9.17, 15) is 4.79 Å². The number of nitrogens with zero attached hydrogens (tertiary/aromatic N) is 1. The van der Waals surface area contributed by atoms with Crippen LogP contribution >= 0.6 is 0 Å². The number of carbonyl (C=O) groups is 1. The van der Waals surface area contributed by atoms with Gasteiger partial charge in [-0.2, -0.15) is 0 Å². The fourth-order valence-electron chi connectivity index (χ4n) is 2.48. The molecule has 4 nitrogen and oxygen atoms in total. The zero-order valence-electron chi connectivity index (χ0n) is 11.6. The summed E-state index contributed by atoms with van der Waals surface area (Å²) in [5, 5.41) is 0. The van der Waals surface area contributed by atoms with Gasteiger partial charge in [0, 0.05) is 18.3 Å². The number of benzene rings is 1. The number of hydrogen-bond acceptors (Lipinski definition) is 3. The summed E-state index contributed by atoms with van der Waals surface area (Å²) >= 11 is 0. The Morgan fingerprint density at radius 3 is 2.74 bits per heavy atom. The number of likely N-dealkylation sites (tertiary alicyclic amines) is 1. The van der Waals surface area contributed by atoms with Gasteiger partial charge in [-0.25, -0.2) is 0 Å². The first-order chi connectivity index (χ1) is 9.08. The molecule has 0 aromatic heterocycles. The first-order valence-corrected chi connectivity index (χ1v) is 6.85. The highest BCUT2D eigenvalue weighted by atomic mass is 16.5. The van der Waals surface area contributed by atoms with Crippen LogP contribution in [0.15, 0.2) is 24.3 Å². The van der Waals surface area contributed by atoms with Crippen molar-refractivity contribution in [1.29, 1.82) is 0 Å². The zero-order valence-corrected chi connectivity index (χ0v) is 11.6. The molecular weight excluding hydrogens is 240 g/mol. The number of hydrogen-bond donors (Lipinski definition) is 1. The summed E-state index contributed by atoms with van der Waals surface area (Å²) in [6.45, 7) is 5.26. The van der Waals surface area contributed by atoms with Crippen LogP contribution in [0, 0.1) is 5.92 Å². The second kappa shape index (κ2) is 5.95. The number of carbonyl (C=O) groups excluding carboxylic acids is 1. The van der Waals surface area contributed by atoms with Crippen molar-refractivity contribution in [3.05, 3.63) is 24.3 Å². The molecule has 1 aromatic carbocycles. The lowest BCUT2D eigenvalue weighted by Crippen LogP contribution is -2.47. The van der Waals surface area contributed by atoms with E-state index in [4.69, 9.17) is 10.5 Å². The molecule has 0 saturated carbocycles. The molecule has 1 fully saturated rings. The molecule has 1 amide bonds. The van der Waals surface area contributed by atoms with Gasteiger partial charge in [0.1, 0.15) is 5.75 Å². The zero-order chi connectivity index (χ0) is 13.8. The van der Waals surface area contributed by atoms with Crippen LogP contribution in [-0.4, -0.2) is 30.0 Å². The van der Waals surface area contributed by atoms with Crippen molar-refractivity contribution >= 4 is 11.6 Å². The minimum absolute atomic E-state index is 0.0656. The van der Waals surface area contributed by atoms with Gasteiger partial charge in [0.2, 0.25) is 0 Å². The Morgan fingerprint density at radius 1 is 1.37 bits per heavy atom. The standard InChI is InChI=1S/C15H22N2O2/c1-11-4-3-9-17(12(11)2)15(18)10-19-14-7-5-13(16)6-8-14/h5-8,11-12H,3-4,9-10,16H2,1-2H3. The maximum Gasteiger partial charge on any atom is 0.260 e. The summed E-state index contributed by atoms with van der Waals surface area (Å²) in [7, 11) is 0. The molecule has 19 heavy (non-hydrogen) atoms. The number of nitrogens with two attached hydrogens (primary N) is 1. The molecular formula is C15H22N2O2. The Kier molecular flexibility index (Phi) is 4.30. The van der Waals surface area contributed by atoms with Crippen LogP contribution in [0.5, 0.6) is 5.75 Å². The van der Waals surface area contributed by atoms with Crippen LogP contribution in [0.3, 0.4) is 0 Å². The van der Waals surface area contributed by atoms with Gasteiger partial charge in [-0.05, 0) is 49.9 Å². The molecule has 0 bridgehead atoms. The molecule has 1 aliphatic heterocycles. The quantitative estimate of drug-likeness (QED) is 0.850. The van der Waals surface area contributed by atoms with Crippen molar-refractivity contribution in [2.24, 2.45) is 5.92 Å². The summed E-state index contributed by atoms with van der Waals surface area (Å²) in [5.41, 5.74) is 6.29. The monoisotopic (exact) mass is 262 g/mol. The van der Waals surface area contributed by atoms with E-state index in [0.29, 0.717) is 23.4 Å². The van der Waals surface area contributed by atoms with Crippen molar-refractivity contribution in [2.45, 2.75) is 32.7 Å². The molecule has 2 atom stereocenters. The number of ether oxygens (including phenoxy) is 1. The van der Waals surface area contributed by atoms with E-state index in [-0.39, 0.29) is 12.5 Å². The average molecular weight is 262 g/mol. The maximum absolute atomic E-state index is 12.2. The first-order valence-electron chi connectivity index (χ1n) is 6.85.